The first-order valence-corrected chi connectivity index (χ1v) is 6.29. The van der Waals surface area contributed by atoms with Crippen molar-refractivity contribution < 1.29 is 4.79 Å². The average Bonchev–Trinajstić information content (AvgIpc) is 2.32. The highest BCUT2D eigenvalue weighted by molar-refractivity contribution is 9.10. The first kappa shape index (κ1) is 12.8. The maximum atomic E-state index is 12.2. The minimum atomic E-state index is 0.0328. The number of rotatable bonds is 3. The number of pyridine rings is 1. The third kappa shape index (κ3) is 2.98. The highest BCUT2D eigenvalue weighted by atomic mass is 79.9. The maximum absolute atomic E-state index is 12.2. The van der Waals surface area contributed by atoms with Gasteiger partial charge in [-0.3, -0.25) is 9.78 Å². The van der Waals surface area contributed by atoms with E-state index in [1.807, 2.05) is 13.0 Å². The van der Waals surface area contributed by atoms with Crippen molar-refractivity contribution in [1.82, 2.24) is 15.2 Å². The Hall–Kier alpha value is -1.62. The summed E-state index contributed by atoms with van der Waals surface area (Å²) in [7, 11) is 0. The summed E-state index contributed by atoms with van der Waals surface area (Å²) in [6.07, 6.45) is 3.70. The van der Waals surface area contributed by atoms with E-state index < -0.39 is 0 Å². The quantitative estimate of drug-likeness (QED) is 0.818. The van der Waals surface area contributed by atoms with Gasteiger partial charge in [0.25, 0.3) is 0 Å². The number of carbonyl (C=O) groups is 1. The number of halogens is 1. The van der Waals surface area contributed by atoms with Gasteiger partial charge in [0.15, 0.2) is 5.78 Å². The smallest absolute Gasteiger partial charge is 0.169 e. The Morgan fingerprint density at radius 1 is 1.22 bits per heavy atom. The molecule has 2 aromatic heterocycles. The fourth-order valence-electron chi connectivity index (χ4n) is 1.67. The van der Waals surface area contributed by atoms with Crippen molar-refractivity contribution in [1.29, 1.82) is 0 Å². The van der Waals surface area contributed by atoms with Crippen molar-refractivity contribution in [2.75, 3.05) is 0 Å². The molecule has 2 aromatic rings. The number of hydrogen-bond donors (Lipinski definition) is 0. The highest BCUT2D eigenvalue weighted by Gasteiger charge is 2.12. The fourth-order valence-corrected chi connectivity index (χ4v) is 2.08. The molecule has 0 saturated heterocycles. The predicted molar refractivity (Wildman–Crippen MR) is 71.5 cm³/mol. The van der Waals surface area contributed by atoms with Crippen LogP contribution in [0.5, 0.6) is 0 Å². The molecule has 0 saturated carbocycles. The van der Waals surface area contributed by atoms with Crippen LogP contribution in [0.2, 0.25) is 0 Å². The standard InChI is InChI=1S/C13H12BrN3O/c1-8-3-12(9(2)17-16-8)13(18)5-10-4-11(14)7-15-6-10/h3-4,6-7H,5H2,1-2H3. The van der Waals surface area contributed by atoms with Crippen LogP contribution in [-0.2, 0) is 6.42 Å². The molecule has 0 unspecified atom stereocenters. The second kappa shape index (κ2) is 5.35. The zero-order valence-corrected chi connectivity index (χ0v) is 11.7. The molecule has 0 radical (unpaired) electrons. The molecular weight excluding hydrogens is 294 g/mol. The van der Waals surface area contributed by atoms with E-state index >= 15 is 0 Å². The number of aryl methyl sites for hydroxylation is 2. The van der Waals surface area contributed by atoms with Crippen LogP contribution in [0.15, 0.2) is 29.0 Å². The van der Waals surface area contributed by atoms with Crippen LogP contribution in [0.4, 0.5) is 0 Å². The molecule has 18 heavy (non-hydrogen) atoms. The molecule has 0 aliphatic carbocycles. The predicted octanol–water partition coefficient (Wildman–Crippen LogP) is 2.68. The van der Waals surface area contributed by atoms with Gasteiger partial charge >= 0.3 is 0 Å². The van der Waals surface area contributed by atoms with E-state index in [0.717, 1.165) is 15.7 Å². The average molecular weight is 306 g/mol. The van der Waals surface area contributed by atoms with E-state index in [1.165, 1.54) is 0 Å². The van der Waals surface area contributed by atoms with Crippen molar-refractivity contribution >= 4 is 21.7 Å². The van der Waals surface area contributed by atoms with Crippen molar-refractivity contribution in [3.05, 3.63) is 51.5 Å². The van der Waals surface area contributed by atoms with Crippen molar-refractivity contribution in [3.63, 3.8) is 0 Å². The summed E-state index contributed by atoms with van der Waals surface area (Å²) < 4.78 is 0.869. The van der Waals surface area contributed by atoms with Gasteiger partial charge in [-0.15, -0.1) is 0 Å². The zero-order valence-electron chi connectivity index (χ0n) is 10.1. The van der Waals surface area contributed by atoms with Crippen LogP contribution in [0.25, 0.3) is 0 Å². The van der Waals surface area contributed by atoms with Gasteiger partial charge in [-0.2, -0.15) is 10.2 Å². The van der Waals surface area contributed by atoms with Crippen LogP contribution >= 0.6 is 15.9 Å². The highest BCUT2D eigenvalue weighted by Crippen LogP contribution is 2.13. The minimum Gasteiger partial charge on any atom is -0.294 e. The lowest BCUT2D eigenvalue weighted by Crippen LogP contribution is -2.08. The Morgan fingerprint density at radius 2 is 2.00 bits per heavy atom. The molecule has 4 nitrogen and oxygen atoms in total. The molecule has 0 aromatic carbocycles. The molecule has 0 aliphatic rings. The van der Waals surface area contributed by atoms with E-state index in [4.69, 9.17) is 0 Å². The fraction of sp³-hybridized carbons (Fsp3) is 0.231. The normalized spacial score (nSPS) is 10.4. The van der Waals surface area contributed by atoms with Gasteiger partial charge in [-0.25, -0.2) is 0 Å². The first-order chi connectivity index (χ1) is 8.56. The molecule has 92 valence electrons. The lowest BCUT2D eigenvalue weighted by Gasteiger charge is -2.05. The van der Waals surface area contributed by atoms with Crippen LogP contribution in [0.1, 0.15) is 27.3 Å². The number of hydrogen-bond acceptors (Lipinski definition) is 4. The third-order valence-corrected chi connectivity index (χ3v) is 2.96. The number of ketones is 1. The van der Waals surface area contributed by atoms with Gasteiger partial charge in [0.2, 0.25) is 0 Å². The second-order valence-corrected chi connectivity index (χ2v) is 5.01. The summed E-state index contributed by atoms with van der Waals surface area (Å²) >= 11 is 3.34. The van der Waals surface area contributed by atoms with Crippen LogP contribution < -0.4 is 0 Å². The summed E-state index contributed by atoms with van der Waals surface area (Å²) in [5, 5.41) is 7.88. The molecule has 2 heterocycles. The molecule has 0 atom stereocenters. The summed E-state index contributed by atoms with van der Waals surface area (Å²) in [5.74, 6) is 0.0328. The molecular formula is C13H12BrN3O. The van der Waals surface area contributed by atoms with Gasteiger partial charge in [0.1, 0.15) is 0 Å². The van der Waals surface area contributed by atoms with Crippen LogP contribution in [0.3, 0.4) is 0 Å². The Bertz CT molecular complexity index is 599. The minimum absolute atomic E-state index is 0.0328. The van der Waals surface area contributed by atoms with E-state index in [1.54, 1.807) is 25.4 Å². The third-order valence-electron chi connectivity index (χ3n) is 2.53. The van der Waals surface area contributed by atoms with E-state index in [9.17, 15) is 4.79 Å². The van der Waals surface area contributed by atoms with Crippen molar-refractivity contribution in [2.45, 2.75) is 20.3 Å². The van der Waals surface area contributed by atoms with Crippen molar-refractivity contribution in [3.8, 4) is 0 Å². The van der Waals surface area contributed by atoms with Gasteiger partial charge < -0.3 is 0 Å². The SMILES string of the molecule is Cc1cc(C(=O)Cc2cncc(Br)c2)c(C)nn1. The first-order valence-electron chi connectivity index (χ1n) is 5.50. The largest absolute Gasteiger partial charge is 0.294 e. The Balaban J connectivity index is 2.24. The molecule has 2 rings (SSSR count). The van der Waals surface area contributed by atoms with Crippen LogP contribution in [0, 0.1) is 13.8 Å². The molecule has 5 heteroatoms. The maximum Gasteiger partial charge on any atom is 0.169 e. The molecule has 0 bridgehead atoms. The Labute approximate surface area is 114 Å². The number of carbonyl (C=O) groups excluding carboxylic acids is 1. The van der Waals surface area contributed by atoms with E-state index in [2.05, 4.69) is 31.1 Å². The zero-order chi connectivity index (χ0) is 13.1. The van der Waals surface area contributed by atoms with Gasteiger partial charge in [0.05, 0.1) is 11.4 Å². The monoisotopic (exact) mass is 305 g/mol. The molecule has 0 fully saturated rings. The lowest BCUT2D eigenvalue weighted by molar-refractivity contribution is 0.0991. The van der Waals surface area contributed by atoms with Crippen molar-refractivity contribution in [2.24, 2.45) is 0 Å². The lowest BCUT2D eigenvalue weighted by atomic mass is 10.0. The summed E-state index contributed by atoms with van der Waals surface area (Å²) in [6, 6.07) is 3.66. The van der Waals surface area contributed by atoms with Gasteiger partial charge in [-0.1, -0.05) is 0 Å². The van der Waals surface area contributed by atoms with Gasteiger partial charge in [0, 0.05) is 28.9 Å². The van der Waals surface area contributed by atoms with Gasteiger partial charge in [-0.05, 0) is 47.5 Å². The Morgan fingerprint density at radius 3 is 2.72 bits per heavy atom. The number of Topliss-reactive ketones (excluding diaryl/α,β-unsaturated/α-hetero) is 1. The summed E-state index contributed by atoms with van der Waals surface area (Å²) in [6.45, 7) is 3.61. The molecule has 0 N–H and O–H groups in total. The Kier molecular flexibility index (Phi) is 3.81. The topological polar surface area (TPSA) is 55.7 Å². The van der Waals surface area contributed by atoms with Crippen LogP contribution in [-0.4, -0.2) is 21.0 Å². The number of nitrogens with zero attached hydrogens (tertiary/aromatic N) is 3. The van der Waals surface area contributed by atoms with E-state index in [-0.39, 0.29) is 5.78 Å². The van der Waals surface area contributed by atoms with E-state index in [0.29, 0.717) is 17.7 Å². The number of aromatic nitrogens is 3. The molecule has 0 spiro atoms. The summed E-state index contributed by atoms with van der Waals surface area (Å²) in [5.41, 5.74) is 2.91. The molecule has 0 amide bonds. The second-order valence-electron chi connectivity index (χ2n) is 4.10. The summed E-state index contributed by atoms with van der Waals surface area (Å²) in [4.78, 5) is 16.2. The molecule has 0 aliphatic heterocycles.